The predicted octanol–water partition coefficient (Wildman–Crippen LogP) is 6.97. The summed E-state index contributed by atoms with van der Waals surface area (Å²) in [4.78, 5) is 22.4. The molecule has 1 unspecified atom stereocenters. The Balaban J connectivity index is 0.000000335. The highest BCUT2D eigenvalue weighted by atomic mass is 35.5. The summed E-state index contributed by atoms with van der Waals surface area (Å²) in [6, 6.07) is 3.79. The molecule has 1 aliphatic carbocycles. The van der Waals surface area contributed by atoms with Crippen LogP contribution >= 0.6 is 11.6 Å². The minimum absolute atomic E-state index is 0.157. The molecule has 33 heavy (non-hydrogen) atoms. The number of hydrogen-bond acceptors (Lipinski definition) is 2. The largest absolute Gasteiger partial charge is 0.346 e. The number of nitrogens with zero attached hydrogens (tertiary/aromatic N) is 1. The SMILES string of the molecule is C=C.CC(C=O)C1(C(C)(F)F)CCC1.Cc1cc(C(=O)Nc2ccc(F)c(Cl)c2F)n(C)c1. The van der Waals surface area contributed by atoms with Gasteiger partial charge in [-0.1, -0.05) is 24.9 Å². The van der Waals surface area contributed by atoms with E-state index in [1.807, 2.05) is 6.92 Å². The maximum atomic E-state index is 13.7. The lowest BCUT2D eigenvalue weighted by molar-refractivity contribution is -0.176. The lowest BCUT2D eigenvalue weighted by Crippen LogP contribution is -2.49. The molecule has 0 aliphatic heterocycles. The molecule has 1 saturated carbocycles. The first kappa shape index (κ1) is 28.4. The van der Waals surface area contributed by atoms with Gasteiger partial charge < -0.3 is 14.7 Å². The minimum Gasteiger partial charge on any atom is -0.346 e. The molecule has 0 radical (unpaired) electrons. The quantitative estimate of drug-likeness (QED) is 0.214. The number of amides is 1. The number of hydrogen-bond donors (Lipinski definition) is 1. The second kappa shape index (κ2) is 11.5. The maximum absolute atomic E-state index is 13.7. The summed E-state index contributed by atoms with van der Waals surface area (Å²) in [5, 5.41) is 1.72. The van der Waals surface area contributed by atoms with Crippen molar-refractivity contribution in [1.29, 1.82) is 0 Å². The van der Waals surface area contributed by atoms with Crippen molar-refractivity contribution in [3.8, 4) is 0 Å². The van der Waals surface area contributed by atoms with Crippen molar-refractivity contribution in [2.24, 2.45) is 18.4 Å². The molecule has 1 fully saturated rings. The number of anilines is 1. The van der Waals surface area contributed by atoms with Crippen molar-refractivity contribution in [2.45, 2.75) is 46.0 Å². The number of carbonyl (C=O) groups is 2. The Hall–Kier alpha value is -2.61. The van der Waals surface area contributed by atoms with Gasteiger partial charge in [-0.2, -0.15) is 0 Å². The topological polar surface area (TPSA) is 51.1 Å². The summed E-state index contributed by atoms with van der Waals surface area (Å²) in [5.74, 6) is -5.58. The van der Waals surface area contributed by atoms with E-state index in [0.29, 0.717) is 24.8 Å². The molecule has 1 amide bonds. The standard InChI is InChI=1S/C13H11ClF2N2O.C9H14F2O.C2H4/c1-7-5-10(18(2)6-7)13(19)17-9-4-3-8(15)11(14)12(9)16;1-7(6-12)9(4-3-5-9)8(2,10)11;1-2/h3-6H,1-2H3,(H,17,19);6-7H,3-5H2,1-2H3;1-2H2. The Labute approximate surface area is 196 Å². The van der Waals surface area contributed by atoms with Gasteiger partial charge in [0, 0.05) is 24.6 Å². The molecule has 1 heterocycles. The van der Waals surface area contributed by atoms with Crippen molar-refractivity contribution >= 4 is 29.5 Å². The van der Waals surface area contributed by atoms with Gasteiger partial charge in [0.25, 0.3) is 11.8 Å². The summed E-state index contributed by atoms with van der Waals surface area (Å²) in [6.45, 7) is 10.3. The lowest BCUT2D eigenvalue weighted by atomic mass is 9.58. The molecular weight excluding hydrogens is 460 g/mol. The number of carbonyl (C=O) groups excluding carboxylic acids is 2. The van der Waals surface area contributed by atoms with E-state index in [1.54, 1.807) is 30.8 Å². The van der Waals surface area contributed by atoms with E-state index in [1.165, 1.54) is 0 Å². The molecule has 1 N–H and O–H groups in total. The number of aryl methyl sites for hydroxylation is 2. The van der Waals surface area contributed by atoms with Gasteiger partial charge in [0.2, 0.25) is 0 Å². The maximum Gasteiger partial charge on any atom is 0.272 e. The third kappa shape index (κ3) is 6.25. The van der Waals surface area contributed by atoms with Gasteiger partial charge in [0.15, 0.2) is 5.82 Å². The smallest absolute Gasteiger partial charge is 0.272 e. The van der Waals surface area contributed by atoms with E-state index in [0.717, 1.165) is 31.0 Å². The van der Waals surface area contributed by atoms with Crippen LogP contribution in [0.15, 0.2) is 37.6 Å². The van der Waals surface area contributed by atoms with E-state index < -0.39 is 39.8 Å². The monoisotopic (exact) mass is 488 g/mol. The molecule has 0 bridgehead atoms. The average Bonchev–Trinajstić information content (AvgIpc) is 3.06. The average molecular weight is 489 g/mol. The molecule has 1 aromatic heterocycles. The highest BCUT2D eigenvalue weighted by Gasteiger charge is 2.56. The third-order valence-electron chi connectivity index (χ3n) is 5.85. The molecule has 9 heteroatoms. The number of nitrogens with one attached hydrogen (secondary N) is 1. The number of halogens is 5. The Bertz CT molecular complexity index is 982. The van der Waals surface area contributed by atoms with Gasteiger partial charge in [-0.15, -0.1) is 13.2 Å². The minimum atomic E-state index is -2.72. The number of benzene rings is 1. The van der Waals surface area contributed by atoms with Gasteiger partial charge in [0.05, 0.1) is 5.69 Å². The fraction of sp³-hybridized carbons (Fsp3) is 0.417. The molecule has 1 atom stereocenters. The zero-order valence-electron chi connectivity index (χ0n) is 19.2. The summed E-state index contributed by atoms with van der Waals surface area (Å²) in [6.07, 6.45) is 4.20. The van der Waals surface area contributed by atoms with Crippen LogP contribution in [0.1, 0.15) is 49.2 Å². The molecular formula is C24H29ClF4N2O2. The van der Waals surface area contributed by atoms with Crippen LogP contribution in [0, 0.1) is 29.9 Å². The van der Waals surface area contributed by atoms with Crippen molar-refractivity contribution < 1.29 is 27.2 Å². The van der Waals surface area contributed by atoms with Gasteiger partial charge in [-0.3, -0.25) is 4.79 Å². The third-order valence-corrected chi connectivity index (χ3v) is 6.20. The molecule has 1 aliphatic rings. The Kier molecular flexibility index (Phi) is 9.90. The van der Waals surface area contributed by atoms with E-state index >= 15 is 0 Å². The van der Waals surface area contributed by atoms with Gasteiger partial charge in [0.1, 0.15) is 22.8 Å². The van der Waals surface area contributed by atoms with Crippen molar-refractivity contribution in [2.75, 3.05) is 5.32 Å². The van der Waals surface area contributed by atoms with Crippen molar-refractivity contribution in [3.05, 3.63) is 65.5 Å². The molecule has 0 saturated heterocycles. The highest BCUT2D eigenvalue weighted by molar-refractivity contribution is 6.31. The second-order valence-electron chi connectivity index (χ2n) is 8.01. The fourth-order valence-electron chi connectivity index (χ4n) is 3.75. The summed E-state index contributed by atoms with van der Waals surface area (Å²) < 4.78 is 54.5. The van der Waals surface area contributed by atoms with E-state index in [4.69, 9.17) is 11.6 Å². The van der Waals surface area contributed by atoms with E-state index in [9.17, 15) is 27.2 Å². The van der Waals surface area contributed by atoms with Crippen LogP contribution in [0.4, 0.5) is 23.2 Å². The van der Waals surface area contributed by atoms with Crippen molar-refractivity contribution in [1.82, 2.24) is 4.57 Å². The normalized spacial score (nSPS) is 15.1. The van der Waals surface area contributed by atoms with Crippen LogP contribution in [0.25, 0.3) is 0 Å². The number of rotatable bonds is 5. The van der Waals surface area contributed by atoms with Crippen LogP contribution in [-0.4, -0.2) is 22.7 Å². The van der Waals surface area contributed by atoms with Crippen LogP contribution in [0.2, 0.25) is 5.02 Å². The predicted molar refractivity (Wildman–Crippen MR) is 123 cm³/mol. The van der Waals surface area contributed by atoms with Crippen LogP contribution in [-0.2, 0) is 11.8 Å². The second-order valence-corrected chi connectivity index (χ2v) is 8.39. The molecule has 2 aromatic rings. The Morgan fingerprint density at radius 2 is 1.88 bits per heavy atom. The zero-order valence-corrected chi connectivity index (χ0v) is 19.9. The first-order chi connectivity index (χ1) is 15.3. The highest BCUT2D eigenvalue weighted by Crippen LogP contribution is 2.56. The van der Waals surface area contributed by atoms with Crippen LogP contribution < -0.4 is 5.32 Å². The molecule has 4 nitrogen and oxygen atoms in total. The lowest BCUT2D eigenvalue weighted by Gasteiger charge is -2.48. The first-order valence-corrected chi connectivity index (χ1v) is 10.6. The summed E-state index contributed by atoms with van der Waals surface area (Å²) in [5.41, 5.74) is 0.0900. The molecule has 182 valence electrons. The number of aromatic nitrogens is 1. The molecule has 3 rings (SSSR count). The Morgan fingerprint density at radius 1 is 1.30 bits per heavy atom. The van der Waals surface area contributed by atoms with E-state index in [2.05, 4.69) is 18.5 Å². The first-order valence-electron chi connectivity index (χ1n) is 10.2. The fourth-order valence-corrected chi connectivity index (χ4v) is 3.91. The van der Waals surface area contributed by atoms with Crippen LogP contribution in [0.3, 0.4) is 0 Å². The van der Waals surface area contributed by atoms with Crippen LogP contribution in [0.5, 0.6) is 0 Å². The van der Waals surface area contributed by atoms with Gasteiger partial charge >= 0.3 is 0 Å². The number of aldehydes is 1. The Morgan fingerprint density at radius 3 is 2.24 bits per heavy atom. The summed E-state index contributed by atoms with van der Waals surface area (Å²) in [7, 11) is 1.70. The summed E-state index contributed by atoms with van der Waals surface area (Å²) >= 11 is 5.44. The molecule has 1 aromatic carbocycles. The van der Waals surface area contributed by atoms with E-state index in [-0.39, 0.29) is 5.69 Å². The number of alkyl halides is 2. The zero-order chi connectivity index (χ0) is 25.6. The molecule has 0 spiro atoms. The van der Waals surface area contributed by atoms with Crippen molar-refractivity contribution in [3.63, 3.8) is 0 Å². The van der Waals surface area contributed by atoms with Gasteiger partial charge in [-0.25, -0.2) is 17.6 Å². The van der Waals surface area contributed by atoms with Gasteiger partial charge in [-0.05, 0) is 50.5 Å².